The van der Waals surface area contributed by atoms with E-state index in [1.807, 2.05) is 34.7 Å². The Balaban J connectivity index is 1.58. The number of rotatable bonds is 5. The van der Waals surface area contributed by atoms with Gasteiger partial charge in [0.1, 0.15) is 12.1 Å². The molecule has 5 nitrogen and oxygen atoms in total. The highest BCUT2D eigenvalue weighted by molar-refractivity contribution is 8.00. The van der Waals surface area contributed by atoms with E-state index in [2.05, 4.69) is 45.9 Å². The van der Waals surface area contributed by atoms with E-state index in [4.69, 9.17) is 10.7 Å². The second kappa shape index (κ2) is 11.3. The van der Waals surface area contributed by atoms with Crippen molar-refractivity contribution in [2.75, 3.05) is 19.3 Å². The van der Waals surface area contributed by atoms with E-state index in [0.717, 1.165) is 28.0 Å². The second-order valence-corrected chi connectivity index (χ2v) is 15.4. The lowest BCUT2D eigenvalue weighted by atomic mass is 9.62. The lowest BCUT2D eigenvalue weighted by molar-refractivity contribution is -0.124. The Bertz CT molecular complexity index is 1580. The van der Waals surface area contributed by atoms with Crippen molar-refractivity contribution < 1.29 is 13.4 Å². The average molecular weight is 587 g/mol. The fourth-order valence-electron chi connectivity index (χ4n) is 6.20. The third-order valence-corrected chi connectivity index (χ3v) is 11.3. The number of Topliss-reactive ketones (excluding diaryl/α,β-unsaturated/α-hetero) is 1. The molecule has 7 heteroatoms. The van der Waals surface area contributed by atoms with E-state index >= 15 is 0 Å². The summed E-state index contributed by atoms with van der Waals surface area (Å²) in [6.07, 6.45) is 13.0. The average Bonchev–Trinajstić information content (AvgIpc) is 2.97. The lowest BCUT2D eigenvalue weighted by Gasteiger charge is -2.46. The fourth-order valence-corrected chi connectivity index (χ4v) is 8.04. The molecule has 2 unspecified atom stereocenters. The van der Waals surface area contributed by atoms with Crippen LogP contribution >= 0.6 is 0 Å². The van der Waals surface area contributed by atoms with Crippen molar-refractivity contribution in [2.24, 2.45) is 22.1 Å². The molecular weight excluding hydrogens is 545 g/mol. The molecule has 0 bridgehead atoms. The molecule has 0 radical (unpaired) electrons. The van der Waals surface area contributed by atoms with Gasteiger partial charge in [-0.3, -0.25) is 4.79 Å². The van der Waals surface area contributed by atoms with Crippen LogP contribution in [0.2, 0.25) is 0 Å². The summed E-state index contributed by atoms with van der Waals surface area (Å²) >= 11 is 0. The molecule has 1 aliphatic heterocycles. The predicted octanol–water partition coefficient (Wildman–Crippen LogP) is 7.26. The van der Waals surface area contributed by atoms with Gasteiger partial charge in [0, 0.05) is 6.54 Å². The highest BCUT2D eigenvalue weighted by Crippen LogP contribution is 2.49. The van der Waals surface area contributed by atoms with E-state index in [1.165, 1.54) is 23.9 Å². The maximum Gasteiger partial charge on any atom is 0.187 e. The van der Waals surface area contributed by atoms with Crippen LogP contribution in [0.1, 0.15) is 52.5 Å². The highest BCUT2D eigenvalue weighted by Gasteiger charge is 2.54. The minimum Gasteiger partial charge on any atom is -0.404 e. The Morgan fingerprint density at radius 2 is 1.83 bits per heavy atom. The maximum atomic E-state index is 14.6. The number of carbonyl (C=O) groups excluding carboxylic acids is 1. The number of hydrogen-bond donors (Lipinski definition) is 1. The van der Waals surface area contributed by atoms with Gasteiger partial charge in [-0.2, -0.15) is 0 Å². The number of nitrogens with two attached hydrogens (primary N) is 1. The van der Waals surface area contributed by atoms with Crippen molar-refractivity contribution in [2.45, 2.75) is 57.3 Å². The molecule has 0 saturated carbocycles. The minimum absolute atomic E-state index is 0.00641. The zero-order valence-electron chi connectivity index (χ0n) is 25.2. The molecule has 1 heterocycles. The number of fused-ring (bicyclic) bond motifs is 1. The molecule has 1 fully saturated rings. The van der Waals surface area contributed by atoms with E-state index in [9.17, 15) is 13.4 Å². The molecule has 2 aromatic rings. The van der Waals surface area contributed by atoms with Crippen LogP contribution in [0.4, 0.5) is 10.1 Å². The van der Waals surface area contributed by atoms with E-state index in [-0.39, 0.29) is 22.9 Å². The smallest absolute Gasteiger partial charge is 0.187 e. The zero-order chi connectivity index (χ0) is 30.3. The standard InChI is InChI=1S/C35H41FN3O2S/c1-24-8-6-7-9-31(24)33(40)35-21-25(22-37)32(38-29-14-12-28(36)13-15-29)20-27(35)18-19-39(23-35)42(5,41)30-16-10-26(11-17-30)34(2,3)4/h6-7,9-17,20,22,24H,8,18-19,21,23,37H2,1-5H3/q+1/t24?,35-,42?/m0/s1. The third-order valence-electron chi connectivity index (χ3n) is 8.88. The summed E-state index contributed by atoms with van der Waals surface area (Å²) in [5.74, 6) is -0.176. The Labute approximate surface area is 250 Å². The summed E-state index contributed by atoms with van der Waals surface area (Å²) in [7, 11) is -2.63. The quantitative estimate of drug-likeness (QED) is 0.375. The Morgan fingerprint density at radius 1 is 1.14 bits per heavy atom. The Hall–Kier alpha value is -3.42. The SMILES string of the molecule is CC1CC=CC=C1C(=O)[C@]12CC(=CN)C(=Nc3ccc(F)cc3)C=C1CCN([S+](C)(=O)c1ccc(C(C)(C)C)cc1)C2. The van der Waals surface area contributed by atoms with Gasteiger partial charge >= 0.3 is 0 Å². The monoisotopic (exact) mass is 586 g/mol. The first kappa shape index (κ1) is 30.1. The van der Waals surface area contributed by atoms with Crippen LogP contribution < -0.4 is 5.73 Å². The molecule has 2 aromatic carbocycles. The lowest BCUT2D eigenvalue weighted by Crippen LogP contribution is -2.54. The van der Waals surface area contributed by atoms with Crippen LogP contribution in [0, 0.1) is 17.2 Å². The van der Waals surface area contributed by atoms with Gasteiger partial charge in [0.2, 0.25) is 0 Å². The molecule has 42 heavy (non-hydrogen) atoms. The number of piperidine rings is 1. The first-order valence-electron chi connectivity index (χ1n) is 14.6. The van der Waals surface area contributed by atoms with Gasteiger partial charge in [-0.25, -0.2) is 9.38 Å². The van der Waals surface area contributed by atoms with Crippen LogP contribution in [0.5, 0.6) is 0 Å². The van der Waals surface area contributed by atoms with Gasteiger partial charge in [-0.15, -0.1) is 4.31 Å². The summed E-state index contributed by atoms with van der Waals surface area (Å²) in [4.78, 5) is 20.2. The van der Waals surface area contributed by atoms with Crippen LogP contribution in [-0.4, -0.2) is 35.1 Å². The summed E-state index contributed by atoms with van der Waals surface area (Å²) in [6.45, 7) is 9.44. The Morgan fingerprint density at radius 3 is 2.45 bits per heavy atom. The first-order valence-corrected chi connectivity index (χ1v) is 16.5. The van der Waals surface area contributed by atoms with Gasteiger partial charge in [-0.05, 0) is 96.0 Å². The van der Waals surface area contributed by atoms with Crippen molar-refractivity contribution in [3.05, 3.63) is 107 Å². The number of nitrogens with zero attached hydrogens (tertiary/aromatic N) is 2. The largest absolute Gasteiger partial charge is 0.404 e. The fraction of sp³-hybridized carbons (Fsp3) is 0.371. The van der Waals surface area contributed by atoms with E-state index in [1.54, 1.807) is 18.4 Å². The molecule has 3 aliphatic rings. The summed E-state index contributed by atoms with van der Waals surface area (Å²) in [5, 5.41) is 0. The van der Waals surface area contributed by atoms with Gasteiger partial charge in [0.05, 0.1) is 23.4 Å². The van der Waals surface area contributed by atoms with Crippen LogP contribution in [0.3, 0.4) is 0 Å². The summed E-state index contributed by atoms with van der Waals surface area (Å²) < 4.78 is 30.1. The van der Waals surface area contributed by atoms with Crippen LogP contribution in [0.25, 0.3) is 0 Å². The second-order valence-electron chi connectivity index (χ2n) is 12.8. The topological polar surface area (TPSA) is 75.8 Å². The molecule has 0 spiro atoms. The number of ketones is 1. The molecule has 220 valence electrons. The Kier molecular flexibility index (Phi) is 8.12. The van der Waals surface area contributed by atoms with Crippen molar-refractivity contribution in [3.8, 4) is 0 Å². The van der Waals surface area contributed by atoms with Crippen molar-refractivity contribution in [1.29, 1.82) is 0 Å². The summed E-state index contributed by atoms with van der Waals surface area (Å²) in [6, 6.07) is 14.1. The van der Waals surface area contributed by atoms with Gasteiger partial charge < -0.3 is 5.73 Å². The van der Waals surface area contributed by atoms with Gasteiger partial charge in [-0.1, -0.05) is 67.8 Å². The molecule has 0 amide bonds. The van der Waals surface area contributed by atoms with E-state index in [0.29, 0.717) is 37.3 Å². The van der Waals surface area contributed by atoms with Gasteiger partial charge in [0.25, 0.3) is 0 Å². The van der Waals surface area contributed by atoms with Crippen molar-refractivity contribution in [1.82, 2.24) is 4.31 Å². The normalized spacial score (nSPS) is 26.4. The minimum atomic E-state index is -2.63. The predicted molar refractivity (Wildman–Crippen MR) is 170 cm³/mol. The number of aliphatic imine (C=N–C) groups is 1. The summed E-state index contributed by atoms with van der Waals surface area (Å²) in [5.41, 5.74) is 10.2. The number of halogens is 1. The van der Waals surface area contributed by atoms with Crippen molar-refractivity contribution >= 4 is 27.3 Å². The zero-order valence-corrected chi connectivity index (χ0v) is 26.0. The number of hydrogen-bond acceptors (Lipinski definition) is 4. The van der Waals surface area contributed by atoms with Crippen LogP contribution in [0.15, 0.2) is 106 Å². The first-order chi connectivity index (χ1) is 19.8. The highest BCUT2D eigenvalue weighted by atomic mass is 32.3. The molecular formula is C35H41FN3O2S+. The molecule has 5 rings (SSSR count). The molecule has 2 aliphatic carbocycles. The van der Waals surface area contributed by atoms with Crippen LogP contribution in [-0.2, 0) is 24.5 Å². The van der Waals surface area contributed by atoms with Crippen molar-refractivity contribution in [3.63, 3.8) is 0 Å². The molecule has 3 atom stereocenters. The molecule has 1 saturated heterocycles. The number of benzene rings is 2. The van der Waals surface area contributed by atoms with Gasteiger partial charge in [0.15, 0.2) is 20.8 Å². The molecule has 0 aromatic heterocycles. The van der Waals surface area contributed by atoms with E-state index < -0.39 is 15.5 Å². The number of carbonyl (C=O) groups is 1. The number of allylic oxidation sites excluding steroid dienone is 6. The molecule has 2 N–H and O–H groups in total. The third kappa shape index (κ3) is 5.64. The maximum absolute atomic E-state index is 14.6.